The Labute approximate surface area is 155 Å². The fraction of sp³-hybridized carbons (Fsp3) is 0.300. The predicted octanol–water partition coefficient (Wildman–Crippen LogP) is 4.38. The first-order valence-electron chi connectivity index (χ1n) is 8.11. The molecule has 0 aliphatic rings. The summed E-state index contributed by atoms with van der Waals surface area (Å²) in [6.07, 6.45) is 3.56. The molecular formula is C20H26OSnTe. The molecule has 0 saturated carbocycles. The summed E-state index contributed by atoms with van der Waals surface area (Å²) >= 11 is -2.19. The predicted molar refractivity (Wildman–Crippen MR) is 104 cm³/mol. The average molecular weight is 529 g/mol. The van der Waals surface area contributed by atoms with Crippen LogP contribution in [0.5, 0.6) is 0 Å². The van der Waals surface area contributed by atoms with Crippen molar-refractivity contribution in [2.75, 3.05) is 6.61 Å². The van der Waals surface area contributed by atoms with E-state index in [1.165, 1.54) is 5.56 Å². The van der Waals surface area contributed by atoms with E-state index in [1.807, 2.05) is 7.70 Å². The standard InChI is InChI=1S/C17H17OTe.3CH3.Sn/c1-3-9-16(10-4-1)15-18-13-7-8-14-19-17-11-5-2-6-12-17;;;;/h1-6,8-12H,7,13,15H2;3*1H3;. The van der Waals surface area contributed by atoms with E-state index in [9.17, 15) is 0 Å². The molecule has 0 aliphatic carbocycles. The molecule has 0 radical (unpaired) electrons. The molecule has 0 amide bonds. The monoisotopic (exact) mass is 532 g/mol. The van der Waals surface area contributed by atoms with Gasteiger partial charge in [0.25, 0.3) is 0 Å². The van der Waals surface area contributed by atoms with Crippen LogP contribution in [0.3, 0.4) is 0 Å². The van der Waals surface area contributed by atoms with Crippen molar-refractivity contribution in [1.82, 2.24) is 0 Å². The van der Waals surface area contributed by atoms with Crippen molar-refractivity contribution in [3.63, 3.8) is 0 Å². The SMILES string of the molecule is [CH3][Sn]([CH3])([CH3])/[C](=C\CCOCc1ccccc1)[Te]c1ccccc1. The van der Waals surface area contributed by atoms with Crippen LogP contribution in [0, 0.1) is 0 Å². The van der Waals surface area contributed by atoms with Crippen LogP contribution in [0.2, 0.25) is 14.8 Å². The molecule has 0 bridgehead atoms. The third-order valence-electron chi connectivity index (χ3n) is 3.41. The second-order valence-electron chi connectivity index (χ2n) is 6.56. The van der Waals surface area contributed by atoms with Gasteiger partial charge in [-0.3, -0.25) is 0 Å². The van der Waals surface area contributed by atoms with Crippen LogP contribution in [0.25, 0.3) is 0 Å². The third-order valence-corrected chi connectivity index (χ3v) is 24.4. The zero-order valence-electron chi connectivity index (χ0n) is 14.3. The second kappa shape index (κ2) is 9.89. The summed E-state index contributed by atoms with van der Waals surface area (Å²) in [5, 5.41) is 0. The Hall–Kier alpha value is -0.272. The Morgan fingerprint density at radius 1 is 0.957 bits per heavy atom. The molecule has 3 heteroatoms. The van der Waals surface area contributed by atoms with Crippen LogP contribution in [-0.4, -0.2) is 45.9 Å². The van der Waals surface area contributed by atoms with E-state index in [0.29, 0.717) is 0 Å². The molecule has 0 saturated heterocycles. The van der Waals surface area contributed by atoms with Gasteiger partial charge in [-0.15, -0.1) is 0 Å². The Morgan fingerprint density at radius 3 is 2.17 bits per heavy atom. The van der Waals surface area contributed by atoms with Crippen LogP contribution < -0.4 is 3.61 Å². The molecule has 0 atom stereocenters. The van der Waals surface area contributed by atoms with Crippen LogP contribution in [0.4, 0.5) is 0 Å². The fourth-order valence-electron chi connectivity index (χ4n) is 2.15. The van der Waals surface area contributed by atoms with E-state index in [4.69, 9.17) is 4.74 Å². The summed E-state index contributed by atoms with van der Waals surface area (Å²) in [6, 6.07) is 21.4. The summed E-state index contributed by atoms with van der Waals surface area (Å²) < 4.78 is 9.20. The maximum atomic E-state index is 5.83. The van der Waals surface area contributed by atoms with E-state index in [1.54, 1.807) is 3.61 Å². The minimum atomic E-state index is -1.99. The van der Waals surface area contributed by atoms with Crippen molar-refractivity contribution in [2.45, 2.75) is 27.8 Å². The fourth-order valence-corrected chi connectivity index (χ4v) is 15.4. The first-order chi connectivity index (χ1) is 11.1. The number of hydrogen-bond acceptors (Lipinski definition) is 1. The zero-order chi connectivity index (χ0) is 16.5. The second-order valence-corrected chi connectivity index (χ2v) is 27.3. The van der Waals surface area contributed by atoms with Gasteiger partial charge in [0.2, 0.25) is 0 Å². The van der Waals surface area contributed by atoms with Crippen LogP contribution in [-0.2, 0) is 11.3 Å². The molecule has 0 unspecified atom stereocenters. The van der Waals surface area contributed by atoms with E-state index < -0.39 is 18.4 Å². The maximum absolute atomic E-state index is 5.83. The van der Waals surface area contributed by atoms with Gasteiger partial charge in [-0.2, -0.15) is 0 Å². The van der Waals surface area contributed by atoms with Crippen LogP contribution in [0.1, 0.15) is 12.0 Å². The van der Waals surface area contributed by atoms with Crippen LogP contribution in [0.15, 0.2) is 68.4 Å². The molecule has 2 aromatic rings. The number of rotatable bonds is 8. The first kappa shape index (κ1) is 19.1. The topological polar surface area (TPSA) is 9.23 Å². The summed E-state index contributed by atoms with van der Waals surface area (Å²) in [7, 11) is 0. The Bertz CT molecular complexity index is 603. The van der Waals surface area contributed by atoms with Gasteiger partial charge < -0.3 is 0 Å². The molecule has 2 rings (SSSR count). The normalized spacial score (nSPS) is 12.4. The molecule has 0 aliphatic heterocycles. The molecule has 23 heavy (non-hydrogen) atoms. The van der Waals surface area contributed by atoms with Gasteiger partial charge in [0, 0.05) is 0 Å². The molecule has 0 N–H and O–H groups in total. The summed E-state index contributed by atoms with van der Waals surface area (Å²) in [5.41, 5.74) is 1.25. The number of ether oxygens (including phenoxy) is 1. The molecule has 0 heterocycles. The number of hydrogen-bond donors (Lipinski definition) is 0. The molecule has 0 spiro atoms. The number of benzene rings is 2. The Morgan fingerprint density at radius 2 is 1.57 bits per heavy atom. The van der Waals surface area contributed by atoms with Crippen molar-refractivity contribution in [1.29, 1.82) is 0 Å². The van der Waals surface area contributed by atoms with Gasteiger partial charge in [0.05, 0.1) is 0 Å². The van der Waals surface area contributed by atoms with E-state index in [0.717, 1.165) is 19.6 Å². The molecular weight excluding hydrogens is 503 g/mol. The molecule has 1 nitrogen and oxygen atoms in total. The van der Waals surface area contributed by atoms with Crippen molar-refractivity contribution < 1.29 is 4.74 Å². The van der Waals surface area contributed by atoms with Gasteiger partial charge in [-0.05, 0) is 0 Å². The summed E-state index contributed by atoms with van der Waals surface area (Å²) in [4.78, 5) is 7.58. The van der Waals surface area contributed by atoms with E-state index >= 15 is 0 Å². The average Bonchev–Trinajstić information content (AvgIpc) is 2.54. The Balaban J connectivity index is 1.85. The van der Waals surface area contributed by atoms with Crippen molar-refractivity contribution >= 4 is 42.9 Å². The Kier molecular flexibility index (Phi) is 8.19. The minimum absolute atomic E-state index is 0.198. The van der Waals surface area contributed by atoms with Gasteiger partial charge >= 0.3 is 156 Å². The molecule has 0 fully saturated rings. The summed E-state index contributed by atoms with van der Waals surface area (Å²) in [6.45, 7) is 1.54. The van der Waals surface area contributed by atoms with Crippen molar-refractivity contribution in [2.24, 2.45) is 0 Å². The first-order valence-corrected chi connectivity index (χ1v) is 20.4. The molecule has 2 aromatic carbocycles. The third kappa shape index (κ3) is 7.43. The zero-order valence-corrected chi connectivity index (χ0v) is 19.5. The van der Waals surface area contributed by atoms with Crippen molar-refractivity contribution in [3.8, 4) is 0 Å². The molecule has 0 aromatic heterocycles. The van der Waals surface area contributed by atoms with Gasteiger partial charge in [-0.25, -0.2) is 0 Å². The van der Waals surface area contributed by atoms with Gasteiger partial charge in [0.1, 0.15) is 0 Å². The van der Waals surface area contributed by atoms with Gasteiger partial charge in [-0.1, -0.05) is 0 Å². The quantitative estimate of drug-likeness (QED) is 0.365. The van der Waals surface area contributed by atoms with Crippen molar-refractivity contribution in [3.05, 3.63) is 73.9 Å². The summed E-state index contributed by atoms with van der Waals surface area (Å²) in [5.74, 6) is 0. The van der Waals surface area contributed by atoms with E-state index in [2.05, 4.69) is 75.5 Å². The molecule has 122 valence electrons. The van der Waals surface area contributed by atoms with Crippen LogP contribution >= 0.6 is 0 Å². The van der Waals surface area contributed by atoms with E-state index in [-0.39, 0.29) is 20.9 Å². The van der Waals surface area contributed by atoms with Gasteiger partial charge in [0.15, 0.2) is 0 Å².